The second kappa shape index (κ2) is 9.00. The number of nitrogens with zero attached hydrogens (tertiary/aromatic N) is 1. The van der Waals surface area contributed by atoms with Crippen molar-refractivity contribution < 1.29 is 29.0 Å². The average molecular weight is 362 g/mol. The van der Waals surface area contributed by atoms with E-state index in [9.17, 15) is 19.5 Å². The molecule has 0 spiro atoms. The highest BCUT2D eigenvalue weighted by Crippen LogP contribution is 2.27. The lowest BCUT2D eigenvalue weighted by Crippen LogP contribution is -2.46. The van der Waals surface area contributed by atoms with Gasteiger partial charge in [0.2, 0.25) is 11.8 Å². The SMILES string of the molecule is C=CCOCC(NC(=O)C1CC(=O)N(c2ccc(OC)cc2)C1)C(=O)O. The number of nitrogens with one attached hydrogen (secondary N) is 1. The summed E-state index contributed by atoms with van der Waals surface area (Å²) in [5.74, 6) is -1.82. The van der Waals surface area contributed by atoms with Crippen molar-refractivity contribution in [3.63, 3.8) is 0 Å². The highest BCUT2D eigenvalue weighted by atomic mass is 16.5. The fraction of sp³-hybridized carbons (Fsp3) is 0.389. The number of rotatable bonds is 9. The Kier molecular flexibility index (Phi) is 6.74. The molecule has 0 radical (unpaired) electrons. The molecular weight excluding hydrogens is 340 g/mol. The molecule has 2 atom stereocenters. The van der Waals surface area contributed by atoms with Crippen molar-refractivity contribution in [2.24, 2.45) is 5.92 Å². The molecule has 1 fully saturated rings. The molecule has 2 amide bonds. The summed E-state index contributed by atoms with van der Waals surface area (Å²) < 4.78 is 10.2. The Bertz CT molecular complexity index is 673. The van der Waals surface area contributed by atoms with Crippen LogP contribution in [0.2, 0.25) is 0 Å². The second-order valence-corrected chi connectivity index (χ2v) is 5.83. The van der Waals surface area contributed by atoms with Gasteiger partial charge >= 0.3 is 5.97 Å². The predicted molar refractivity (Wildman–Crippen MR) is 94.0 cm³/mol. The van der Waals surface area contributed by atoms with Crippen molar-refractivity contribution in [1.82, 2.24) is 5.32 Å². The van der Waals surface area contributed by atoms with Crippen LogP contribution in [0.25, 0.3) is 0 Å². The fourth-order valence-corrected chi connectivity index (χ4v) is 2.63. The van der Waals surface area contributed by atoms with E-state index in [2.05, 4.69) is 11.9 Å². The second-order valence-electron chi connectivity index (χ2n) is 5.83. The van der Waals surface area contributed by atoms with E-state index < -0.39 is 23.8 Å². The maximum absolute atomic E-state index is 12.4. The first-order chi connectivity index (χ1) is 12.5. The van der Waals surface area contributed by atoms with E-state index in [0.29, 0.717) is 11.4 Å². The van der Waals surface area contributed by atoms with E-state index >= 15 is 0 Å². The van der Waals surface area contributed by atoms with Gasteiger partial charge in [-0.05, 0) is 24.3 Å². The Morgan fingerprint density at radius 1 is 1.42 bits per heavy atom. The average Bonchev–Trinajstić information content (AvgIpc) is 3.02. The molecule has 140 valence electrons. The standard InChI is InChI=1S/C18H22N2O6/c1-3-8-26-11-15(18(23)24)19-17(22)12-9-16(21)20(10-12)13-4-6-14(25-2)7-5-13/h3-7,12,15H,1,8-11H2,2H3,(H,19,22)(H,23,24). The van der Waals surface area contributed by atoms with E-state index in [1.54, 1.807) is 31.4 Å². The Morgan fingerprint density at radius 3 is 2.69 bits per heavy atom. The Hall–Kier alpha value is -2.87. The van der Waals surface area contributed by atoms with Crippen molar-refractivity contribution in [1.29, 1.82) is 0 Å². The van der Waals surface area contributed by atoms with Gasteiger partial charge in [0, 0.05) is 18.7 Å². The molecule has 1 aromatic carbocycles. The molecule has 2 rings (SSSR count). The topological polar surface area (TPSA) is 105 Å². The van der Waals surface area contributed by atoms with Crippen molar-refractivity contribution in [3.8, 4) is 5.75 Å². The number of hydrogen-bond donors (Lipinski definition) is 2. The van der Waals surface area contributed by atoms with Gasteiger partial charge in [0.15, 0.2) is 6.04 Å². The molecular formula is C18H22N2O6. The summed E-state index contributed by atoms with van der Waals surface area (Å²) in [7, 11) is 1.55. The summed E-state index contributed by atoms with van der Waals surface area (Å²) in [6, 6.07) is 5.76. The van der Waals surface area contributed by atoms with Crippen molar-refractivity contribution in [3.05, 3.63) is 36.9 Å². The third-order valence-electron chi connectivity index (χ3n) is 4.01. The van der Waals surface area contributed by atoms with E-state index in [-0.39, 0.29) is 32.1 Å². The Balaban J connectivity index is 1.98. The third kappa shape index (κ3) is 4.82. The highest BCUT2D eigenvalue weighted by molar-refractivity contribution is 6.00. The number of methoxy groups -OCH3 is 1. The fourth-order valence-electron chi connectivity index (χ4n) is 2.63. The van der Waals surface area contributed by atoms with Crippen molar-refractivity contribution >= 4 is 23.5 Å². The number of aliphatic carboxylic acids is 1. The van der Waals surface area contributed by atoms with Gasteiger partial charge in [0.25, 0.3) is 0 Å². The molecule has 8 nitrogen and oxygen atoms in total. The number of anilines is 1. The van der Waals surface area contributed by atoms with Crippen LogP contribution in [-0.4, -0.2) is 55.8 Å². The number of benzene rings is 1. The van der Waals surface area contributed by atoms with Gasteiger partial charge in [-0.3, -0.25) is 9.59 Å². The lowest BCUT2D eigenvalue weighted by atomic mass is 10.1. The zero-order valence-corrected chi connectivity index (χ0v) is 14.5. The van der Waals surface area contributed by atoms with E-state index in [4.69, 9.17) is 9.47 Å². The summed E-state index contributed by atoms with van der Waals surface area (Å²) in [4.78, 5) is 37.4. The molecule has 0 aliphatic carbocycles. The molecule has 0 saturated carbocycles. The minimum atomic E-state index is -1.20. The molecule has 1 heterocycles. The Labute approximate surface area is 151 Å². The third-order valence-corrected chi connectivity index (χ3v) is 4.01. The van der Waals surface area contributed by atoms with Crippen LogP contribution in [0.1, 0.15) is 6.42 Å². The largest absolute Gasteiger partial charge is 0.497 e. The first kappa shape index (κ1) is 19.5. The van der Waals surface area contributed by atoms with E-state index in [0.717, 1.165) is 0 Å². The molecule has 0 bridgehead atoms. The monoisotopic (exact) mass is 362 g/mol. The van der Waals surface area contributed by atoms with Crippen LogP contribution in [0.3, 0.4) is 0 Å². The molecule has 2 unspecified atom stereocenters. The van der Waals surface area contributed by atoms with Gasteiger partial charge in [0.1, 0.15) is 5.75 Å². The van der Waals surface area contributed by atoms with Crippen LogP contribution in [0.15, 0.2) is 36.9 Å². The lowest BCUT2D eigenvalue weighted by Gasteiger charge is -2.19. The van der Waals surface area contributed by atoms with Crippen LogP contribution in [-0.2, 0) is 19.1 Å². The molecule has 2 N–H and O–H groups in total. The van der Waals surface area contributed by atoms with E-state index in [1.165, 1.54) is 11.0 Å². The van der Waals surface area contributed by atoms with Crippen LogP contribution in [0.5, 0.6) is 5.75 Å². The lowest BCUT2D eigenvalue weighted by molar-refractivity contribution is -0.144. The summed E-state index contributed by atoms with van der Waals surface area (Å²) in [5, 5.41) is 11.6. The number of carboxylic acid groups (broad SMARTS) is 1. The van der Waals surface area contributed by atoms with Gasteiger partial charge < -0.3 is 24.8 Å². The first-order valence-corrected chi connectivity index (χ1v) is 8.12. The number of carbonyl (C=O) groups excluding carboxylic acids is 2. The maximum Gasteiger partial charge on any atom is 0.328 e. The molecule has 1 aliphatic heterocycles. The Morgan fingerprint density at radius 2 is 2.12 bits per heavy atom. The summed E-state index contributed by atoms with van der Waals surface area (Å²) in [6.45, 7) is 3.68. The first-order valence-electron chi connectivity index (χ1n) is 8.12. The zero-order chi connectivity index (χ0) is 19.1. The van der Waals surface area contributed by atoms with Crippen molar-refractivity contribution in [2.45, 2.75) is 12.5 Å². The molecule has 8 heteroatoms. The summed E-state index contributed by atoms with van der Waals surface area (Å²) in [6.07, 6.45) is 1.51. The van der Waals surface area contributed by atoms with Crippen LogP contribution < -0.4 is 15.0 Å². The van der Waals surface area contributed by atoms with Gasteiger partial charge in [-0.2, -0.15) is 0 Å². The summed E-state index contributed by atoms with van der Waals surface area (Å²) in [5.41, 5.74) is 0.662. The van der Waals surface area contributed by atoms with Gasteiger partial charge in [-0.25, -0.2) is 4.79 Å². The van der Waals surface area contributed by atoms with Gasteiger partial charge in [0.05, 0.1) is 26.2 Å². The molecule has 0 aromatic heterocycles. The van der Waals surface area contributed by atoms with Crippen LogP contribution in [0, 0.1) is 5.92 Å². The van der Waals surface area contributed by atoms with Gasteiger partial charge in [-0.15, -0.1) is 6.58 Å². The van der Waals surface area contributed by atoms with Gasteiger partial charge in [-0.1, -0.05) is 6.08 Å². The number of carboxylic acids is 1. The van der Waals surface area contributed by atoms with Crippen molar-refractivity contribution in [2.75, 3.05) is 31.8 Å². The molecule has 26 heavy (non-hydrogen) atoms. The molecule has 1 aromatic rings. The smallest absolute Gasteiger partial charge is 0.328 e. The quantitative estimate of drug-likeness (QED) is 0.498. The zero-order valence-electron chi connectivity index (χ0n) is 14.5. The number of hydrogen-bond acceptors (Lipinski definition) is 5. The highest BCUT2D eigenvalue weighted by Gasteiger charge is 2.36. The maximum atomic E-state index is 12.4. The predicted octanol–water partition coefficient (Wildman–Crippen LogP) is 0.820. The number of ether oxygens (including phenoxy) is 2. The molecule has 1 aliphatic rings. The van der Waals surface area contributed by atoms with Crippen LogP contribution in [0.4, 0.5) is 5.69 Å². The minimum Gasteiger partial charge on any atom is -0.497 e. The number of amides is 2. The number of carbonyl (C=O) groups is 3. The summed E-state index contributed by atoms with van der Waals surface area (Å²) >= 11 is 0. The van der Waals surface area contributed by atoms with E-state index in [1.807, 2.05) is 0 Å². The van der Waals surface area contributed by atoms with Crippen LogP contribution >= 0.6 is 0 Å². The normalized spacial score (nSPS) is 17.7. The molecule has 1 saturated heterocycles. The minimum absolute atomic E-state index is 0.0255.